The molecule has 1 aromatic heterocycles. The van der Waals surface area contributed by atoms with Gasteiger partial charge in [0, 0.05) is 13.1 Å². The zero-order chi connectivity index (χ0) is 14.8. The topological polar surface area (TPSA) is 67.6 Å². The molecule has 1 aromatic carbocycles. The number of imidazole rings is 1. The third-order valence-corrected chi connectivity index (χ3v) is 3.94. The van der Waals surface area contributed by atoms with Gasteiger partial charge in [-0.1, -0.05) is 6.92 Å². The third-order valence-electron chi connectivity index (χ3n) is 3.94. The van der Waals surface area contributed by atoms with Gasteiger partial charge in [-0.3, -0.25) is 4.90 Å². The lowest BCUT2D eigenvalue weighted by molar-refractivity contribution is -0.0338. The fourth-order valence-corrected chi connectivity index (χ4v) is 2.73. The molecule has 1 saturated heterocycles. The summed E-state index contributed by atoms with van der Waals surface area (Å²) in [5, 5.41) is 9.10. The van der Waals surface area contributed by atoms with Crippen LogP contribution in [0.15, 0.2) is 24.5 Å². The predicted octanol–water partition coefficient (Wildman–Crippen LogP) is 1.46. The second-order valence-corrected chi connectivity index (χ2v) is 5.29. The van der Waals surface area contributed by atoms with Crippen molar-refractivity contribution in [3.8, 4) is 0 Å². The summed E-state index contributed by atoms with van der Waals surface area (Å²) in [4.78, 5) is 17.8. The molecule has 2 heterocycles. The molecule has 0 aliphatic carbocycles. The minimum atomic E-state index is -0.921. The van der Waals surface area contributed by atoms with Crippen LogP contribution in [0.1, 0.15) is 17.3 Å². The van der Waals surface area contributed by atoms with Gasteiger partial charge < -0.3 is 14.4 Å². The second-order valence-electron chi connectivity index (χ2n) is 5.29. The number of ether oxygens (including phenoxy) is 1. The molecular weight excluding hydrogens is 270 g/mol. The average Bonchev–Trinajstić information content (AvgIpc) is 2.90. The first-order valence-electron chi connectivity index (χ1n) is 7.19. The Morgan fingerprint density at radius 1 is 1.52 bits per heavy atom. The van der Waals surface area contributed by atoms with Crippen molar-refractivity contribution in [1.82, 2.24) is 14.5 Å². The zero-order valence-corrected chi connectivity index (χ0v) is 12.0. The van der Waals surface area contributed by atoms with Crippen molar-refractivity contribution in [2.45, 2.75) is 19.6 Å². The first kappa shape index (κ1) is 14.0. The van der Waals surface area contributed by atoms with E-state index in [1.165, 1.54) is 0 Å². The van der Waals surface area contributed by atoms with Gasteiger partial charge in [-0.05, 0) is 24.7 Å². The third kappa shape index (κ3) is 2.91. The normalized spacial score (nSPS) is 20.0. The highest BCUT2D eigenvalue weighted by atomic mass is 16.5. The Labute approximate surface area is 122 Å². The van der Waals surface area contributed by atoms with Gasteiger partial charge in [0.2, 0.25) is 0 Å². The number of fused-ring (bicyclic) bond motifs is 1. The molecule has 112 valence electrons. The number of carbonyl (C=O) groups is 1. The number of hydrogen-bond acceptors (Lipinski definition) is 4. The van der Waals surface area contributed by atoms with Gasteiger partial charge in [0.15, 0.2) is 0 Å². The average molecular weight is 289 g/mol. The Balaban J connectivity index is 1.83. The Morgan fingerprint density at radius 2 is 2.38 bits per heavy atom. The Kier molecular flexibility index (Phi) is 3.90. The van der Waals surface area contributed by atoms with Gasteiger partial charge in [0.05, 0.1) is 42.2 Å². The van der Waals surface area contributed by atoms with E-state index in [1.807, 2.05) is 4.57 Å². The van der Waals surface area contributed by atoms with E-state index < -0.39 is 5.97 Å². The molecule has 3 rings (SSSR count). The lowest BCUT2D eigenvalue weighted by Crippen LogP contribution is -2.43. The fourth-order valence-electron chi connectivity index (χ4n) is 2.73. The molecule has 0 amide bonds. The summed E-state index contributed by atoms with van der Waals surface area (Å²) in [5.74, 6) is -0.921. The number of hydrogen-bond donors (Lipinski definition) is 1. The standard InChI is InChI=1S/C15H19N3O3/c1-2-17-5-6-21-12(8-17)9-18-10-16-13-4-3-11(15(19)20)7-14(13)18/h3-4,7,10,12H,2,5-6,8-9H2,1H3,(H,19,20). The van der Waals surface area contributed by atoms with Gasteiger partial charge in [0.1, 0.15) is 0 Å². The van der Waals surface area contributed by atoms with Crippen LogP contribution in [0.3, 0.4) is 0 Å². The van der Waals surface area contributed by atoms with Crippen LogP contribution in [0.25, 0.3) is 11.0 Å². The van der Waals surface area contributed by atoms with Crippen molar-refractivity contribution in [2.24, 2.45) is 0 Å². The predicted molar refractivity (Wildman–Crippen MR) is 78.5 cm³/mol. The maximum absolute atomic E-state index is 11.1. The number of rotatable bonds is 4. The number of likely N-dealkylation sites (N-methyl/N-ethyl adjacent to an activating group) is 1. The van der Waals surface area contributed by atoms with Crippen LogP contribution in [0.4, 0.5) is 0 Å². The minimum absolute atomic E-state index is 0.115. The highest BCUT2D eigenvalue weighted by molar-refractivity contribution is 5.92. The highest BCUT2D eigenvalue weighted by Gasteiger charge is 2.20. The first-order valence-corrected chi connectivity index (χ1v) is 7.19. The molecule has 1 aliphatic heterocycles. The zero-order valence-electron chi connectivity index (χ0n) is 12.0. The number of morpholine rings is 1. The summed E-state index contributed by atoms with van der Waals surface area (Å²) in [5.41, 5.74) is 1.93. The number of benzene rings is 1. The quantitative estimate of drug-likeness (QED) is 0.923. The number of nitrogens with zero attached hydrogens (tertiary/aromatic N) is 3. The summed E-state index contributed by atoms with van der Waals surface area (Å²) in [6.07, 6.45) is 1.87. The van der Waals surface area contributed by atoms with Crippen LogP contribution in [0, 0.1) is 0 Å². The van der Waals surface area contributed by atoms with E-state index in [-0.39, 0.29) is 11.7 Å². The van der Waals surface area contributed by atoms with E-state index in [0.29, 0.717) is 6.54 Å². The lowest BCUT2D eigenvalue weighted by Gasteiger charge is -2.32. The van der Waals surface area contributed by atoms with Crippen molar-refractivity contribution in [1.29, 1.82) is 0 Å². The summed E-state index contributed by atoms with van der Waals surface area (Å²) < 4.78 is 7.78. The molecule has 0 radical (unpaired) electrons. The first-order chi connectivity index (χ1) is 10.2. The van der Waals surface area contributed by atoms with Crippen molar-refractivity contribution in [2.75, 3.05) is 26.2 Å². The van der Waals surface area contributed by atoms with Crippen molar-refractivity contribution in [3.05, 3.63) is 30.1 Å². The molecule has 6 nitrogen and oxygen atoms in total. The molecule has 1 N–H and O–H groups in total. The highest BCUT2D eigenvalue weighted by Crippen LogP contribution is 2.17. The van der Waals surface area contributed by atoms with Crippen LogP contribution in [0.2, 0.25) is 0 Å². The fraction of sp³-hybridized carbons (Fsp3) is 0.467. The summed E-state index contributed by atoms with van der Waals surface area (Å²) in [6.45, 7) is 6.47. The SMILES string of the molecule is CCN1CCOC(Cn2cnc3ccc(C(=O)O)cc32)C1. The molecule has 2 aromatic rings. The second kappa shape index (κ2) is 5.83. The molecule has 1 fully saturated rings. The van der Waals surface area contributed by atoms with Crippen LogP contribution >= 0.6 is 0 Å². The monoisotopic (exact) mass is 289 g/mol. The Bertz CT molecular complexity index is 653. The Morgan fingerprint density at radius 3 is 3.14 bits per heavy atom. The molecule has 1 aliphatic rings. The van der Waals surface area contributed by atoms with Crippen molar-refractivity contribution >= 4 is 17.0 Å². The smallest absolute Gasteiger partial charge is 0.335 e. The number of carboxylic acid groups (broad SMARTS) is 1. The molecule has 21 heavy (non-hydrogen) atoms. The van der Waals surface area contributed by atoms with E-state index in [2.05, 4.69) is 16.8 Å². The Hall–Kier alpha value is -1.92. The molecule has 1 unspecified atom stereocenters. The van der Waals surface area contributed by atoms with E-state index >= 15 is 0 Å². The van der Waals surface area contributed by atoms with Gasteiger partial charge in [0.25, 0.3) is 0 Å². The maximum atomic E-state index is 11.1. The van der Waals surface area contributed by atoms with Crippen LogP contribution < -0.4 is 0 Å². The largest absolute Gasteiger partial charge is 0.478 e. The molecule has 0 spiro atoms. The maximum Gasteiger partial charge on any atom is 0.335 e. The van der Waals surface area contributed by atoms with Gasteiger partial charge in [-0.25, -0.2) is 9.78 Å². The minimum Gasteiger partial charge on any atom is -0.478 e. The van der Waals surface area contributed by atoms with Gasteiger partial charge in [-0.2, -0.15) is 0 Å². The van der Waals surface area contributed by atoms with E-state index in [4.69, 9.17) is 9.84 Å². The van der Waals surface area contributed by atoms with Crippen LogP contribution in [-0.4, -0.2) is 57.9 Å². The van der Waals surface area contributed by atoms with Crippen molar-refractivity contribution in [3.63, 3.8) is 0 Å². The lowest BCUT2D eigenvalue weighted by atomic mass is 10.2. The van der Waals surface area contributed by atoms with E-state index in [9.17, 15) is 4.79 Å². The van der Waals surface area contributed by atoms with E-state index in [1.54, 1.807) is 24.5 Å². The molecule has 0 saturated carbocycles. The summed E-state index contributed by atoms with van der Waals surface area (Å²) in [7, 11) is 0. The number of aromatic nitrogens is 2. The molecular formula is C15H19N3O3. The van der Waals surface area contributed by atoms with Crippen LogP contribution in [0.5, 0.6) is 0 Å². The van der Waals surface area contributed by atoms with Crippen LogP contribution in [-0.2, 0) is 11.3 Å². The van der Waals surface area contributed by atoms with E-state index in [0.717, 1.165) is 37.3 Å². The molecule has 1 atom stereocenters. The van der Waals surface area contributed by atoms with Gasteiger partial charge >= 0.3 is 5.97 Å². The summed E-state index contributed by atoms with van der Waals surface area (Å²) in [6, 6.07) is 5.00. The molecule has 0 bridgehead atoms. The van der Waals surface area contributed by atoms with Gasteiger partial charge in [-0.15, -0.1) is 0 Å². The van der Waals surface area contributed by atoms with Crippen molar-refractivity contribution < 1.29 is 14.6 Å². The summed E-state index contributed by atoms with van der Waals surface area (Å²) >= 11 is 0. The molecule has 6 heteroatoms. The number of carboxylic acids is 1. The number of aromatic carboxylic acids is 1.